The lowest BCUT2D eigenvalue weighted by atomic mass is 10.2. The van der Waals surface area contributed by atoms with Crippen LogP contribution in [-0.4, -0.2) is 35.0 Å². The van der Waals surface area contributed by atoms with Crippen molar-refractivity contribution in [3.05, 3.63) is 22.4 Å². The van der Waals surface area contributed by atoms with Gasteiger partial charge in [0.25, 0.3) is 0 Å². The number of aliphatic carboxylic acids is 1. The number of nitrogens with one attached hydrogen (secondary N) is 1. The summed E-state index contributed by atoms with van der Waals surface area (Å²) in [6, 6.07) is 3.14. The Hall–Kier alpha value is -1.01. The van der Waals surface area contributed by atoms with Crippen molar-refractivity contribution < 1.29 is 14.7 Å². The molecule has 0 saturated carbocycles. The molecule has 18 heavy (non-hydrogen) atoms. The molecule has 1 atom stereocenters. The highest BCUT2D eigenvalue weighted by atomic mass is 32.2. The minimum Gasteiger partial charge on any atom is -0.480 e. The van der Waals surface area contributed by atoms with Crippen LogP contribution in [0, 0.1) is 0 Å². The van der Waals surface area contributed by atoms with Crippen molar-refractivity contribution >= 4 is 35.0 Å². The number of carboxylic acid groups (broad SMARTS) is 1. The molecule has 0 aromatic carbocycles. The lowest BCUT2D eigenvalue weighted by molar-refractivity contribution is -0.141. The first-order chi connectivity index (χ1) is 8.63. The van der Waals surface area contributed by atoms with E-state index < -0.39 is 12.0 Å². The molecule has 0 aliphatic heterocycles. The van der Waals surface area contributed by atoms with Gasteiger partial charge in [0.1, 0.15) is 6.04 Å². The summed E-state index contributed by atoms with van der Waals surface area (Å²) in [7, 11) is 0. The summed E-state index contributed by atoms with van der Waals surface area (Å²) >= 11 is 3.18. The van der Waals surface area contributed by atoms with E-state index in [-0.39, 0.29) is 5.91 Å². The van der Waals surface area contributed by atoms with E-state index in [4.69, 9.17) is 5.11 Å². The summed E-state index contributed by atoms with van der Waals surface area (Å²) in [5.74, 6) is -0.437. The van der Waals surface area contributed by atoms with Gasteiger partial charge in [0, 0.05) is 11.3 Å². The SMILES string of the molecule is CSCC[C@@H](NC(=O)CCc1cccs1)C(=O)O. The van der Waals surface area contributed by atoms with E-state index in [1.165, 1.54) is 0 Å². The Balaban J connectivity index is 2.34. The maximum atomic E-state index is 11.6. The topological polar surface area (TPSA) is 66.4 Å². The Labute approximate surface area is 115 Å². The predicted molar refractivity (Wildman–Crippen MR) is 75.2 cm³/mol. The fourth-order valence-electron chi connectivity index (χ4n) is 1.45. The van der Waals surface area contributed by atoms with E-state index in [9.17, 15) is 9.59 Å². The zero-order chi connectivity index (χ0) is 13.4. The number of amides is 1. The third-order valence-electron chi connectivity index (χ3n) is 2.42. The number of aryl methyl sites for hydroxylation is 1. The van der Waals surface area contributed by atoms with Crippen molar-refractivity contribution in [1.29, 1.82) is 0 Å². The minimum absolute atomic E-state index is 0.197. The molecule has 0 aliphatic carbocycles. The Bertz CT molecular complexity index is 379. The third-order valence-corrected chi connectivity index (χ3v) is 4.00. The van der Waals surface area contributed by atoms with Gasteiger partial charge in [0.05, 0.1) is 0 Å². The van der Waals surface area contributed by atoms with Crippen molar-refractivity contribution in [3.63, 3.8) is 0 Å². The van der Waals surface area contributed by atoms with Crippen LogP contribution in [0.15, 0.2) is 17.5 Å². The summed E-state index contributed by atoms with van der Waals surface area (Å²) in [4.78, 5) is 23.7. The van der Waals surface area contributed by atoms with E-state index in [1.54, 1.807) is 23.1 Å². The van der Waals surface area contributed by atoms with Gasteiger partial charge in [-0.2, -0.15) is 11.8 Å². The summed E-state index contributed by atoms with van der Waals surface area (Å²) in [6.45, 7) is 0. The first kappa shape index (κ1) is 15.0. The van der Waals surface area contributed by atoms with Crippen molar-refractivity contribution in [1.82, 2.24) is 5.32 Å². The Kier molecular flexibility index (Phi) is 6.82. The molecule has 0 radical (unpaired) electrons. The van der Waals surface area contributed by atoms with Gasteiger partial charge in [-0.05, 0) is 36.3 Å². The average Bonchev–Trinajstić information content (AvgIpc) is 2.84. The van der Waals surface area contributed by atoms with Crippen LogP contribution in [0.4, 0.5) is 0 Å². The Morgan fingerprint density at radius 2 is 2.33 bits per heavy atom. The molecular formula is C12H17NO3S2. The molecule has 0 unspecified atom stereocenters. The minimum atomic E-state index is -0.964. The van der Waals surface area contributed by atoms with Crippen molar-refractivity contribution in [3.8, 4) is 0 Å². The smallest absolute Gasteiger partial charge is 0.326 e. The lowest BCUT2D eigenvalue weighted by Crippen LogP contribution is -2.41. The maximum absolute atomic E-state index is 11.6. The van der Waals surface area contributed by atoms with Gasteiger partial charge in [0.2, 0.25) is 5.91 Å². The molecule has 1 aromatic rings. The molecule has 0 fully saturated rings. The number of thioether (sulfide) groups is 1. The summed E-state index contributed by atoms with van der Waals surface area (Å²) < 4.78 is 0. The number of carbonyl (C=O) groups is 2. The van der Waals surface area contributed by atoms with E-state index >= 15 is 0 Å². The molecule has 1 aromatic heterocycles. The van der Waals surface area contributed by atoms with E-state index in [2.05, 4.69) is 5.32 Å². The highest BCUT2D eigenvalue weighted by Crippen LogP contribution is 2.11. The van der Waals surface area contributed by atoms with Crippen LogP contribution in [-0.2, 0) is 16.0 Å². The van der Waals surface area contributed by atoms with Crippen molar-refractivity contribution in [2.45, 2.75) is 25.3 Å². The zero-order valence-electron chi connectivity index (χ0n) is 10.2. The monoisotopic (exact) mass is 287 g/mol. The fraction of sp³-hybridized carbons (Fsp3) is 0.500. The Morgan fingerprint density at radius 1 is 1.56 bits per heavy atom. The summed E-state index contributed by atoms with van der Waals surface area (Å²) in [6.07, 6.45) is 3.38. The molecule has 1 heterocycles. The number of carboxylic acids is 1. The molecule has 0 aliphatic rings. The van der Waals surface area contributed by atoms with E-state index in [0.717, 1.165) is 10.6 Å². The van der Waals surface area contributed by atoms with Gasteiger partial charge in [0.15, 0.2) is 0 Å². The number of hydrogen-bond acceptors (Lipinski definition) is 4. The van der Waals surface area contributed by atoms with Crippen LogP contribution in [0.5, 0.6) is 0 Å². The van der Waals surface area contributed by atoms with Gasteiger partial charge in [-0.1, -0.05) is 6.07 Å². The van der Waals surface area contributed by atoms with Gasteiger partial charge in [-0.15, -0.1) is 11.3 Å². The molecule has 0 bridgehead atoms. The average molecular weight is 287 g/mol. The highest BCUT2D eigenvalue weighted by Gasteiger charge is 2.18. The lowest BCUT2D eigenvalue weighted by Gasteiger charge is -2.13. The molecule has 100 valence electrons. The largest absolute Gasteiger partial charge is 0.480 e. The van der Waals surface area contributed by atoms with E-state index in [0.29, 0.717) is 19.3 Å². The number of carbonyl (C=O) groups excluding carboxylic acids is 1. The van der Waals surface area contributed by atoms with E-state index in [1.807, 2.05) is 23.8 Å². The standard InChI is InChI=1S/C12H17NO3S2/c1-17-8-6-10(12(15)16)13-11(14)5-4-9-3-2-7-18-9/h2-3,7,10H,4-6,8H2,1H3,(H,13,14)(H,15,16)/t10-/m1/s1. The third kappa shape index (κ3) is 5.55. The second-order valence-corrected chi connectivity index (χ2v) is 5.84. The highest BCUT2D eigenvalue weighted by molar-refractivity contribution is 7.98. The molecule has 6 heteroatoms. The van der Waals surface area contributed by atoms with Crippen LogP contribution >= 0.6 is 23.1 Å². The molecule has 2 N–H and O–H groups in total. The van der Waals surface area contributed by atoms with Gasteiger partial charge in [-0.25, -0.2) is 4.79 Å². The molecular weight excluding hydrogens is 270 g/mol. The van der Waals surface area contributed by atoms with Crippen molar-refractivity contribution in [2.24, 2.45) is 0 Å². The number of rotatable bonds is 8. The predicted octanol–water partition coefficient (Wildman–Crippen LogP) is 2.00. The first-order valence-corrected chi connectivity index (χ1v) is 7.94. The van der Waals surface area contributed by atoms with Crippen molar-refractivity contribution in [2.75, 3.05) is 12.0 Å². The second-order valence-electron chi connectivity index (χ2n) is 3.82. The molecule has 1 rings (SSSR count). The maximum Gasteiger partial charge on any atom is 0.326 e. The second kappa shape index (κ2) is 8.16. The van der Waals surface area contributed by atoms with Gasteiger partial charge in [-0.3, -0.25) is 4.79 Å². The van der Waals surface area contributed by atoms with Crippen LogP contribution in [0.2, 0.25) is 0 Å². The fourth-order valence-corrected chi connectivity index (χ4v) is 2.63. The normalized spacial score (nSPS) is 12.1. The molecule has 0 saturated heterocycles. The molecule has 1 amide bonds. The van der Waals surface area contributed by atoms with Crippen LogP contribution in [0.25, 0.3) is 0 Å². The Morgan fingerprint density at radius 3 is 2.89 bits per heavy atom. The van der Waals surface area contributed by atoms with Crippen LogP contribution in [0.3, 0.4) is 0 Å². The molecule has 4 nitrogen and oxygen atoms in total. The van der Waals surface area contributed by atoms with Crippen LogP contribution in [0.1, 0.15) is 17.7 Å². The quantitative estimate of drug-likeness (QED) is 0.767. The van der Waals surface area contributed by atoms with Gasteiger partial charge < -0.3 is 10.4 Å². The zero-order valence-corrected chi connectivity index (χ0v) is 11.9. The summed E-state index contributed by atoms with van der Waals surface area (Å²) in [5, 5.41) is 13.5. The van der Waals surface area contributed by atoms with Gasteiger partial charge >= 0.3 is 5.97 Å². The first-order valence-electron chi connectivity index (χ1n) is 5.67. The number of hydrogen-bond donors (Lipinski definition) is 2. The molecule has 0 spiro atoms. The number of thiophene rings is 1. The van der Waals surface area contributed by atoms with Crippen LogP contribution < -0.4 is 5.32 Å². The summed E-state index contributed by atoms with van der Waals surface area (Å²) in [5.41, 5.74) is 0.